The highest BCUT2D eigenvalue weighted by Gasteiger charge is 2.24. The number of benzene rings is 2. The fourth-order valence-corrected chi connectivity index (χ4v) is 4.87. The zero-order valence-corrected chi connectivity index (χ0v) is 18.8. The van der Waals surface area contributed by atoms with E-state index >= 15 is 0 Å². The van der Waals surface area contributed by atoms with Gasteiger partial charge in [-0.2, -0.15) is 4.73 Å². The van der Waals surface area contributed by atoms with Gasteiger partial charge < -0.3 is 9.94 Å². The van der Waals surface area contributed by atoms with Gasteiger partial charge in [0.05, 0.1) is 16.3 Å². The fourth-order valence-electron chi connectivity index (χ4n) is 3.96. The minimum absolute atomic E-state index is 0.00702. The molecule has 3 aliphatic rings. The van der Waals surface area contributed by atoms with Crippen molar-refractivity contribution in [2.24, 2.45) is 0 Å². The number of ether oxygens (including phenoxy) is 1. The molecule has 32 heavy (non-hydrogen) atoms. The molecule has 0 aromatic heterocycles. The summed E-state index contributed by atoms with van der Waals surface area (Å²) < 4.78 is 32.5. The Morgan fingerprint density at radius 3 is 2.47 bits per heavy atom. The molecule has 0 amide bonds. The minimum Gasteiger partial charge on any atom is -0.457 e. The zero-order valence-electron chi connectivity index (χ0n) is 17.9. The molecule has 1 N–H and O–H groups in total. The van der Waals surface area contributed by atoms with Gasteiger partial charge in [-0.25, -0.2) is 13.4 Å². The van der Waals surface area contributed by atoms with Crippen molar-refractivity contribution < 1.29 is 18.4 Å². The molecule has 2 aromatic carbocycles. The first-order valence-corrected chi connectivity index (χ1v) is 12.3. The lowest BCUT2D eigenvalue weighted by molar-refractivity contribution is 0.180. The Morgan fingerprint density at radius 2 is 1.78 bits per heavy atom. The monoisotopic (exact) mass is 448 g/mol. The van der Waals surface area contributed by atoms with Crippen LogP contribution in [-0.4, -0.2) is 29.1 Å². The fraction of sp³-hybridized carbons (Fsp3) is 0.240. The van der Waals surface area contributed by atoms with Crippen LogP contribution in [0.2, 0.25) is 0 Å². The molecular weight excluding hydrogens is 424 g/mol. The van der Waals surface area contributed by atoms with Crippen LogP contribution >= 0.6 is 0 Å². The van der Waals surface area contributed by atoms with E-state index in [9.17, 15) is 13.6 Å². The van der Waals surface area contributed by atoms with E-state index in [2.05, 4.69) is 17.1 Å². The van der Waals surface area contributed by atoms with Crippen LogP contribution < -0.4 is 4.74 Å². The molecule has 0 atom stereocenters. The summed E-state index contributed by atoms with van der Waals surface area (Å²) in [4.78, 5) is 4.49. The molecular formula is C25H24N2O4S. The maximum absolute atomic E-state index is 12.6. The highest BCUT2D eigenvalue weighted by atomic mass is 32.2. The number of nitrogens with zero attached hydrogens (tertiary/aromatic N) is 2. The second-order valence-corrected chi connectivity index (χ2v) is 10.5. The molecule has 6 nitrogen and oxygen atoms in total. The lowest BCUT2D eigenvalue weighted by Gasteiger charge is -2.18. The molecule has 2 heterocycles. The van der Waals surface area contributed by atoms with E-state index in [-0.39, 0.29) is 10.6 Å². The van der Waals surface area contributed by atoms with Crippen LogP contribution in [0.5, 0.6) is 11.5 Å². The van der Waals surface area contributed by atoms with Crippen LogP contribution in [0, 0.1) is 6.92 Å². The van der Waals surface area contributed by atoms with Gasteiger partial charge in [0, 0.05) is 17.3 Å². The van der Waals surface area contributed by atoms with Crippen LogP contribution in [0.15, 0.2) is 65.7 Å². The van der Waals surface area contributed by atoms with Crippen molar-refractivity contribution in [1.82, 2.24) is 9.71 Å². The lowest BCUT2D eigenvalue weighted by atomic mass is 9.98. The summed E-state index contributed by atoms with van der Waals surface area (Å²) in [6.45, 7) is 3.39. The molecule has 1 saturated carbocycles. The second-order valence-electron chi connectivity index (χ2n) is 8.20. The van der Waals surface area contributed by atoms with Gasteiger partial charge in [-0.05, 0) is 79.3 Å². The van der Waals surface area contributed by atoms with Crippen LogP contribution in [0.4, 0.5) is 0 Å². The average Bonchev–Trinajstić information content (AvgIpc) is 3.53. The Morgan fingerprint density at radius 1 is 1.03 bits per heavy atom. The Labute approximate surface area is 187 Å². The molecule has 2 aromatic rings. The van der Waals surface area contributed by atoms with E-state index in [0.717, 1.165) is 10.3 Å². The number of pyridine rings is 1. The Bertz CT molecular complexity index is 1370. The SMILES string of the molecule is CCS(=O)(=O)c1ccc(Oc2ccc(C3CC3)cc2)c(-c2cc(C)n(O)c3nccc2-3)c1. The summed E-state index contributed by atoms with van der Waals surface area (Å²) in [6, 6.07) is 16.6. The predicted octanol–water partition coefficient (Wildman–Crippen LogP) is 5.66. The van der Waals surface area contributed by atoms with E-state index in [0.29, 0.717) is 40.1 Å². The van der Waals surface area contributed by atoms with Gasteiger partial charge >= 0.3 is 0 Å². The van der Waals surface area contributed by atoms with Crippen molar-refractivity contribution >= 4 is 9.84 Å². The van der Waals surface area contributed by atoms with E-state index in [4.69, 9.17) is 4.74 Å². The molecule has 0 radical (unpaired) electrons. The van der Waals surface area contributed by atoms with Gasteiger partial charge in [0.15, 0.2) is 15.7 Å². The van der Waals surface area contributed by atoms with E-state index in [1.165, 1.54) is 18.4 Å². The molecule has 7 heteroatoms. The van der Waals surface area contributed by atoms with E-state index in [1.807, 2.05) is 18.2 Å². The highest BCUT2D eigenvalue weighted by Crippen LogP contribution is 2.43. The van der Waals surface area contributed by atoms with Crippen LogP contribution in [-0.2, 0) is 9.84 Å². The van der Waals surface area contributed by atoms with Gasteiger partial charge in [-0.15, -0.1) is 0 Å². The molecule has 1 fully saturated rings. The number of aromatic nitrogens is 2. The summed E-state index contributed by atoms with van der Waals surface area (Å²) in [7, 11) is -3.41. The van der Waals surface area contributed by atoms with Gasteiger partial charge in [0.1, 0.15) is 11.5 Å². The van der Waals surface area contributed by atoms with E-state index < -0.39 is 9.84 Å². The van der Waals surface area contributed by atoms with Crippen molar-refractivity contribution in [2.75, 3.05) is 5.75 Å². The molecule has 0 bridgehead atoms. The number of sulfone groups is 1. The van der Waals surface area contributed by atoms with Crippen LogP contribution in [0.1, 0.15) is 36.9 Å². The Kier molecular flexibility index (Phi) is 4.93. The number of hydrogen-bond donors (Lipinski definition) is 1. The first kappa shape index (κ1) is 20.6. The van der Waals surface area contributed by atoms with Crippen LogP contribution in [0.3, 0.4) is 0 Å². The summed E-state index contributed by atoms with van der Waals surface area (Å²) in [6.07, 6.45) is 4.09. The average molecular weight is 449 g/mol. The molecule has 1 aliphatic carbocycles. The van der Waals surface area contributed by atoms with Crippen LogP contribution in [0.25, 0.3) is 22.5 Å². The van der Waals surface area contributed by atoms with Crippen molar-refractivity contribution in [1.29, 1.82) is 0 Å². The Hall–Kier alpha value is -3.32. The van der Waals surface area contributed by atoms with Gasteiger partial charge in [-0.1, -0.05) is 19.1 Å². The van der Waals surface area contributed by atoms with Gasteiger partial charge in [0.2, 0.25) is 0 Å². The smallest absolute Gasteiger partial charge is 0.178 e. The third-order valence-corrected chi connectivity index (χ3v) is 7.73. The van der Waals surface area contributed by atoms with Crippen molar-refractivity contribution in [3.8, 4) is 34.0 Å². The van der Waals surface area contributed by atoms with Gasteiger partial charge in [0.25, 0.3) is 0 Å². The quantitative estimate of drug-likeness (QED) is 0.385. The molecule has 5 rings (SSSR count). The zero-order chi connectivity index (χ0) is 22.5. The molecule has 0 unspecified atom stereocenters. The third-order valence-electron chi connectivity index (χ3n) is 5.99. The standard InChI is InChI=1S/C25H24N2O4S/c1-3-32(29,30)20-10-11-24(31-19-8-6-18(7-9-19)17-4-5-17)23(15-20)22-14-16(2)27(28)25-21(22)12-13-26-25/h6-15,17,28H,3-5H2,1-2H3. The number of fused-ring (bicyclic) bond motifs is 1. The number of hydrogen-bond acceptors (Lipinski definition) is 5. The molecule has 0 spiro atoms. The lowest BCUT2D eigenvalue weighted by Crippen LogP contribution is -2.06. The summed E-state index contributed by atoms with van der Waals surface area (Å²) >= 11 is 0. The topological polar surface area (TPSA) is 81.4 Å². The molecule has 164 valence electrons. The molecule has 2 aliphatic heterocycles. The number of aryl methyl sites for hydroxylation is 1. The highest BCUT2D eigenvalue weighted by molar-refractivity contribution is 7.91. The maximum Gasteiger partial charge on any atom is 0.178 e. The maximum atomic E-state index is 12.6. The minimum atomic E-state index is -3.41. The first-order valence-electron chi connectivity index (χ1n) is 10.7. The summed E-state index contributed by atoms with van der Waals surface area (Å²) in [5.74, 6) is 2.30. The van der Waals surface area contributed by atoms with Gasteiger partial charge in [-0.3, -0.25) is 0 Å². The second kappa shape index (κ2) is 7.67. The molecule has 0 saturated heterocycles. The van der Waals surface area contributed by atoms with Crippen molar-refractivity contribution in [3.05, 3.63) is 72.1 Å². The number of rotatable bonds is 6. The largest absolute Gasteiger partial charge is 0.457 e. The normalized spacial score (nSPS) is 14.1. The Balaban J connectivity index is 1.64. The van der Waals surface area contributed by atoms with Crippen molar-refractivity contribution in [2.45, 2.75) is 37.5 Å². The summed E-state index contributed by atoms with van der Waals surface area (Å²) in [5.41, 5.74) is 3.98. The third kappa shape index (κ3) is 3.62. The predicted molar refractivity (Wildman–Crippen MR) is 122 cm³/mol. The first-order chi connectivity index (χ1) is 15.4. The summed E-state index contributed by atoms with van der Waals surface area (Å²) in [5, 5.41) is 10.3. The van der Waals surface area contributed by atoms with Crippen molar-refractivity contribution in [3.63, 3.8) is 0 Å². The van der Waals surface area contributed by atoms with E-state index in [1.54, 1.807) is 44.3 Å².